The highest BCUT2D eigenvalue weighted by molar-refractivity contribution is 8.00. The summed E-state index contributed by atoms with van der Waals surface area (Å²) in [4.78, 5) is 22.0. The quantitative estimate of drug-likeness (QED) is 0.601. The minimum Gasteiger partial charge on any atom is -0.378 e. The average Bonchev–Trinajstić information content (AvgIpc) is 2.77. The minimum atomic E-state index is -0.225. The van der Waals surface area contributed by atoms with E-state index in [-0.39, 0.29) is 11.8 Å². The molecule has 2 heterocycles. The first-order valence-electron chi connectivity index (χ1n) is 10.2. The lowest BCUT2D eigenvalue weighted by Gasteiger charge is -2.35. The molecule has 0 aromatic heterocycles. The van der Waals surface area contributed by atoms with Crippen molar-refractivity contribution in [2.45, 2.75) is 24.5 Å². The zero-order valence-corrected chi connectivity index (χ0v) is 17.8. The van der Waals surface area contributed by atoms with Crippen LogP contribution in [-0.4, -0.2) is 85.7 Å². The van der Waals surface area contributed by atoms with E-state index in [0.717, 1.165) is 30.4 Å². The lowest BCUT2D eigenvalue weighted by atomic mass is 9.97. The van der Waals surface area contributed by atoms with Crippen LogP contribution in [0.1, 0.15) is 24.8 Å². The number of nitrogens with one attached hydrogen (secondary N) is 1. The van der Waals surface area contributed by atoms with Crippen molar-refractivity contribution in [2.24, 2.45) is 4.99 Å². The fraction of sp³-hybridized carbons (Fsp3) is 0.619. The number of guanidine groups is 1. The highest BCUT2D eigenvalue weighted by Crippen LogP contribution is 2.22. The standard InChI is InChI=1S/C21H32N4O2S/c1-3-18-16-25(11-14-28-18)21(22-2)23-15-19(17-7-5-4-6-8-17)20(26)24-9-12-27-13-10-24/h4-8,18-19H,3,9-16H2,1-2H3,(H,22,23). The molecule has 0 saturated carbocycles. The van der Waals surface area contributed by atoms with Gasteiger partial charge in [0.25, 0.3) is 0 Å². The molecule has 0 spiro atoms. The number of ether oxygens (including phenoxy) is 1. The third-order valence-electron chi connectivity index (χ3n) is 5.39. The van der Waals surface area contributed by atoms with Gasteiger partial charge in [-0.15, -0.1) is 0 Å². The molecule has 3 rings (SSSR count). The predicted molar refractivity (Wildman–Crippen MR) is 116 cm³/mol. The summed E-state index contributed by atoms with van der Waals surface area (Å²) in [6.07, 6.45) is 1.17. The van der Waals surface area contributed by atoms with E-state index in [1.165, 1.54) is 6.42 Å². The summed E-state index contributed by atoms with van der Waals surface area (Å²) < 4.78 is 5.41. The molecular formula is C21H32N4O2S. The fourth-order valence-electron chi connectivity index (χ4n) is 3.72. The zero-order chi connectivity index (χ0) is 19.8. The average molecular weight is 405 g/mol. The molecule has 1 aromatic carbocycles. The van der Waals surface area contributed by atoms with Gasteiger partial charge in [-0.25, -0.2) is 0 Å². The van der Waals surface area contributed by atoms with Gasteiger partial charge in [-0.05, 0) is 12.0 Å². The Bertz CT molecular complexity index is 649. The largest absolute Gasteiger partial charge is 0.378 e. The molecule has 1 amide bonds. The van der Waals surface area contributed by atoms with Gasteiger partial charge in [-0.1, -0.05) is 37.3 Å². The Morgan fingerprint density at radius 3 is 2.68 bits per heavy atom. The van der Waals surface area contributed by atoms with Crippen molar-refractivity contribution in [3.05, 3.63) is 35.9 Å². The van der Waals surface area contributed by atoms with Crippen LogP contribution in [0.5, 0.6) is 0 Å². The molecule has 7 heteroatoms. The molecule has 2 aliphatic rings. The molecule has 0 radical (unpaired) electrons. The third-order valence-corrected chi connectivity index (χ3v) is 6.76. The Morgan fingerprint density at radius 1 is 1.25 bits per heavy atom. The van der Waals surface area contributed by atoms with Gasteiger partial charge in [-0.3, -0.25) is 9.79 Å². The number of morpholine rings is 1. The lowest BCUT2D eigenvalue weighted by molar-refractivity contribution is -0.136. The van der Waals surface area contributed by atoms with E-state index in [4.69, 9.17) is 4.74 Å². The predicted octanol–water partition coefficient (Wildman–Crippen LogP) is 2.03. The number of benzene rings is 1. The summed E-state index contributed by atoms with van der Waals surface area (Å²) in [6.45, 7) is 7.36. The molecule has 154 valence electrons. The number of nitrogens with zero attached hydrogens (tertiary/aromatic N) is 3. The number of hydrogen-bond acceptors (Lipinski definition) is 4. The number of thioether (sulfide) groups is 1. The van der Waals surface area contributed by atoms with E-state index in [1.807, 2.05) is 54.0 Å². The zero-order valence-electron chi connectivity index (χ0n) is 17.0. The molecule has 1 N–H and O–H groups in total. The normalized spacial score (nSPS) is 22.1. The molecule has 6 nitrogen and oxygen atoms in total. The number of rotatable bonds is 5. The Balaban J connectivity index is 1.69. The second kappa shape index (κ2) is 10.7. The van der Waals surface area contributed by atoms with E-state index < -0.39 is 0 Å². The van der Waals surface area contributed by atoms with Crippen molar-refractivity contribution in [1.29, 1.82) is 0 Å². The molecule has 2 saturated heterocycles. The monoisotopic (exact) mass is 404 g/mol. The highest BCUT2D eigenvalue weighted by Gasteiger charge is 2.28. The van der Waals surface area contributed by atoms with Crippen LogP contribution >= 0.6 is 11.8 Å². The number of carbonyl (C=O) groups excluding carboxylic acids is 1. The number of amides is 1. The van der Waals surface area contributed by atoms with Gasteiger partial charge in [-0.2, -0.15) is 11.8 Å². The summed E-state index contributed by atoms with van der Waals surface area (Å²) in [7, 11) is 1.83. The maximum Gasteiger partial charge on any atom is 0.232 e. The maximum atomic E-state index is 13.2. The Morgan fingerprint density at radius 2 is 2.00 bits per heavy atom. The van der Waals surface area contributed by atoms with Crippen LogP contribution in [0.15, 0.2) is 35.3 Å². The van der Waals surface area contributed by atoms with Gasteiger partial charge in [0, 0.05) is 50.8 Å². The van der Waals surface area contributed by atoms with Gasteiger partial charge in [0.2, 0.25) is 5.91 Å². The van der Waals surface area contributed by atoms with Crippen molar-refractivity contribution in [2.75, 3.05) is 58.7 Å². The van der Waals surface area contributed by atoms with Crippen LogP contribution in [0.3, 0.4) is 0 Å². The second-order valence-electron chi connectivity index (χ2n) is 7.18. The molecule has 2 atom stereocenters. The van der Waals surface area contributed by atoms with E-state index in [0.29, 0.717) is 38.1 Å². The lowest BCUT2D eigenvalue weighted by Crippen LogP contribution is -2.50. The van der Waals surface area contributed by atoms with Crippen LogP contribution in [0, 0.1) is 0 Å². The molecule has 2 aliphatic heterocycles. The first-order chi connectivity index (χ1) is 13.7. The van der Waals surface area contributed by atoms with Gasteiger partial charge in [0.15, 0.2) is 5.96 Å². The topological polar surface area (TPSA) is 57.2 Å². The highest BCUT2D eigenvalue weighted by atomic mass is 32.2. The summed E-state index contributed by atoms with van der Waals surface area (Å²) in [5.74, 6) is 1.96. The number of hydrogen-bond donors (Lipinski definition) is 1. The maximum absolute atomic E-state index is 13.2. The molecule has 0 bridgehead atoms. The third kappa shape index (κ3) is 5.41. The summed E-state index contributed by atoms with van der Waals surface area (Å²) in [5.41, 5.74) is 1.04. The van der Waals surface area contributed by atoms with Gasteiger partial charge < -0.3 is 19.9 Å². The second-order valence-corrected chi connectivity index (χ2v) is 8.58. The fourth-order valence-corrected chi connectivity index (χ4v) is 4.90. The first kappa shape index (κ1) is 21.0. The SMILES string of the molecule is CCC1CN(C(=NC)NCC(C(=O)N2CCOCC2)c2ccccc2)CCS1. The van der Waals surface area contributed by atoms with Crippen molar-refractivity contribution in [3.63, 3.8) is 0 Å². The van der Waals surface area contributed by atoms with Gasteiger partial charge in [0.05, 0.1) is 19.1 Å². The Labute approximate surface area is 172 Å². The van der Waals surface area contributed by atoms with Crippen molar-refractivity contribution < 1.29 is 9.53 Å². The van der Waals surface area contributed by atoms with Crippen LogP contribution in [0.2, 0.25) is 0 Å². The molecule has 2 unspecified atom stereocenters. The first-order valence-corrected chi connectivity index (χ1v) is 11.3. The van der Waals surface area contributed by atoms with Crippen LogP contribution in [0.4, 0.5) is 0 Å². The summed E-state index contributed by atoms with van der Waals surface area (Å²) in [6, 6.07) is 10.1. The van der Waals surface area contributed by atoms with Crippen molar-refractivity contribution in [1.82, 2.24) is 15.1 Å². The molecule has 1 aromatic rings. The van der Waals surface area contributed by atoms with Crippen LogP contribution in [0.25, 0.3) is 0 Å². The Hall–Kier alpha value is -1.73. The molecule has 2 fully saturated rings. The van der Waals surface area contributed by atoms with Gasteiger partial charge in [0.1, 0.15) is 0 Å². The summed E-state index contributed by atoms with van der Waals surface area (Å²) >= 11 is 2.04. The van der Waals surface area contributed by atoms with E-state index in [9.17, 15) is 4.79 Å². The number of carbonyl (C=O) groups is 1. The van der Waals surface area contributed by atoms with Gasteiger partial charge >= 0.3 is 0 Å². The van der Waals surface area contributed by atoms with Crippen molar-refractivity contribution in [3.8, 4) is 0 Å². The number of aliphatic imine (C=N–C) groups is 1. The minimum absolute atomic E-state index is 0.165. The van der Waals surface area contributed by atoms with Crippen molar-refractivity contribution >= 4 is 23.6 Å². The van der Waals surface area contributed by atoms with Crippen LogP contribution in [-0.2, 0) is 9.53 Å². The Kier molecular flexibility index (Phi) is 8.03. The van der Waals surface area contributed by atoms with E-state index in [1.54, 1.807) is 0 Å². The molecule has 28 heavy (non-hydrogen) atoms. The smallest absolute Gasteiger partial charge is 0.232 e. The van der Waals surface area contributed by atoms with E-state index in [2.05, 4.69) is 22.1 Å². The molecule has 0 aliphatic carbocycles. The summed E-state index contributed by atoms with van der Waals surface area (Å²) in [5, 5.41) is 4.14. The van der Waals surface area contributed by atoms with E-state index >= 15 is 0 Å². The molecular weight excluding hydrogens is 372 g/mol. The van der Waals surface area contributed by atoms with Crippen LogP contribution < -0.4 is 5.32 Å².